The van der Waals surface area contributed by atoms with Gasteiger partial charge in [-0.2, -0.15) is 26.3 Å². The third-order valence-corrected chi connectivity index (χ3v) is 3.29. The average molecular weight is 378 g/mol. The van der Waals surface area contributed by atoms with Crippen molar-refractivity contribution in [2.24, 2.45) is 0 Å². The fraction of sp³-hybridized carbons (Fsp3) is 0.417. The van der Waals surface area contributed by atoms with Crippen molar-refractivity contribution >= 4 is 21.8 Å². The van der Waals surface area contributed by atoms with E-state index in [1.54, 1.807) is 0 Å². The predicted molar refractivity (Wildman–Crippen MR) is 66.8 cm³/mol. The van der Waals surface area contributed by atoms with Gasteiger partial charge in [0, 0.05) is 18.1 Å². The second-order valence-electron chi connectivity index (χ2n) is 4.28. The van der Waals surface area contributed by atoms with Crippen LogP contribution < -0.4 is 0 Å². The van der Waals surface area contributed by atoms with Crippen molar-refractivity contribution in [2.75, 3.05) is 13.6 Å². The van der Waals surface area contributed by atoms with Gasteiger partial charge in [-0.05, 0) is 34.1 Å². The Bertz CT molecular complexity index is 525. The van der Waals surface area contributed by atoms with Gasteiger partial charge in [0.05, 0.1) is 17.5 Å². The van der Waals surface area contributed by atoms with Crippen LogP contribution in [0, 0.1) is 0 Å². The molecule has 118 valence electrons. The molecule has 2 nitrogen and oxygen atoms in total. The van der Waals surface area contributed by atoms with Gasteiger partial charge in [0.25, 0.3) is 5.91 Å². The van der Waals surface area contributed by atoms with Gasteiger partial charge < -0.3 is 4.90 Å². The molecule has 0 radical (unpaired) electrons. The summed E-state index contributed by atoms with van der Waals surface area (Å²) >= 11 is 2.92. The molecule has 0 unspecified atom stereocenters. The van der Waals surface area contributed by atoms with E-state index in [1.165, 1.54) is 0 Å². The smallest absolute Gasteiger partial charge is 0.341 e. The Morgan fingerprint density at radius 3 is 2.24 bits per heavy atom. The highest BCUT2D eigenvalue weighted by Gasteiger charge is 2.32. The third-order valence-electron chi connectivity index (χ3n) is 2.60. The Morgan fingerprint density at radius 2 is 1.76 bits per heavy atom. The summed E-state index contributed by atoms with van der Waals surface area (Å²) in [5.41, 5.74) is -1.38. The highest BCUT2D eigenvalue weighted by Crippen LogP contribution is 2.32. The summed E-state index contributed by atoms with van der Waals surface area (Å²) in [4.78, 5) is 12.7. The van der Waals surface area contributed by atoms with E-state index in [4.69, 9.17) is 0 Å². The number of alkyl halides is 6. The molecule has 1 amide bonds. The minimum Gasteiger partial charge on any atom is -0.341 e. The van der Waals surface area contributed by atoms with Gasteiger partial charge in [0.2, 0.25) is 0 Å². The van der Waals surface area contributed by atoms with E-state index in [0.29, 0.717) is 6.07 Å². The normalized spacial score (nSPS) is 12.4. The lowest BCUT2D eigenvalue weighted by atomic mass is 10.1. The molecule has 0 saturated heterocycles. The third kappa shape index (κ3) is 5.22. The summed E-state index contributed by atoms with van der Waals surface area (Å²) in [5, 5.41) is 0. The van der Waals surface area contributed by atoms with E-state index in [0.717, 1.165) is 24.1 Å². The molecule has 9 heteroatoms. The highest BCUT2D eigenvalue weighted by atomic mass is 79.9. The highest BCUT2D eigenvalue weighted by molar-refractivity contribution is 9.10. The fourth-order valence-corrected chi connectivity index (χ4v) is 1.88. The predicted octanol–water partition coefficient (Wildman–Crippen LogP) is 4.49. The zero-order valence-corrected chi connectivity index (χ0v) is 12.2. The number of hydrogen-bond donors (Lipinski definition) is 0. The molecule has 0 aliphatic carbocycles. The zero-order chi connectivity index (χ0) is 16.4. The van der Waals surface area contributed by atoms with Gasteiger partial charge in [-0.3, -0.25) is 4.79 Å². The molecule has 0 bridgehead atoms. The molecule has 0 fully saturated rings. The van der Waals surface area contributed by atoms with Crippen molar-refractivity contribution in [3.8, 4) is 0 Å². The maximum absolute atomic E-state index is 12.6. The molecule has 0 N–H and O–H groups in total. The van der Waals surface area contributed by atoms with E-state index in [2.05, 4.69) is 15.9 Å². The molecule has 1 aromatic rings. The van der Waals surface area contributed by atoms with Crippen LogP contribution in [0.2, 0.25) is 0 Å². The summed E-state index contributed by atoms with van der Waals surface area (Å²) in [7, 11) is 1.10. The van der Waals surface area contributed by atoms with E-state index < -0.39 is 36.8 Å². The van der Waals surface area contributed by atoms with E-state index in [-0.39, 0.29) is 10.0 Å². The second kappa shape index (κ2) is 6.25. The first-order valence-electron chi connectivity index (χ1n) is 5.61. The van der Waals surface area contributed by atoms with Crippen molar-refractivity contribution in [3.05, 3.63) is 33.8 Å². The molecule has 0 aromatic heterocycles. The topological polar surface area (TPSA) is 20.3 Å². The van der Waals surface area contributed by atoms with Crippen LogP contribution in [0.25, 0.3) is 0 Å². The van der Waals surface area contributed by atoms with Crippen LogP contribution in [0.4, 0.5) is 26.3 Å². The lowest BCUT2D eigenvalue weighted by Gasteiger charge is -2.19. The first-order chi connectivity index (χ1) is 9.42. The Balaban J connectivity index is 2.96. The van der Waals surface area contributed by atoms with Gasteiger partial charge >= 0.3 is 12.4 Å². The van der Waals surface area contributed by atoms with Crippen LogP contribution in [0.15, 0.2) is 22.7 Å². The zero-order valence-electron chi connectivity index (χ0n) is 10.6. The first-order valence-corrected chi connectivity index (χ1v) is 6.40. The number of carbonyl (C=O) groups is 1. The van der Waals surface area contributed by atoms with E-state index in [1.807, 2.05) is 0 Å². The Morgan fingerprint density at radius 1 is 1.19 bits per heavy atom. The van der Waals surface area contributed by atoms with Crippen molar-refractivity contribution in [1.29, 1.82) is 0 Å². The van der Waals surface area contributed by atoms with Crippen LogP contribution in [0.3, 0.4) is 0 Å². The lowest BCUT2D eigenvalue weighted by molar-refractivity contribution is -0.137. The first kappa shape index (κ1) is 17.8. The average Bonchev–Trinajstić information content (AvgIpc) is 2.33. The SMILES string of the molecule is CN(CCC(F)(F)F)C(=O)c1cc(C(F)(F)F)ccc1Br. The number of halogens is 7. The molecular weight excluding hydrogens is 368 g/mol. The maximum atomic E-state index is 12.6. The van der Waals surface area contributed by atoms with Crippen LogP contribution in [0.5, 0.6) is 0 Å². The van der Waals surface area contributed by atoms with Crippen molar-refractivity contribution in [1.82, 2.24) is 4.90 Å². The molecule has 0 aliphatic rings. The van der Waals surface area contributed by atoms with Gasteiger partial charge in [0.1, 0.15) is 0 Å². The summed E-state index contributed by atoms with van der Waals surface area (Å²) in [6.45, 7) is -0.634. The number of carbonyl (C=O) groups excluding carboxylic acids is 1. The van der Waals surface area contributed by atoms with Crippen LogP contribution in [-0.4, -0.2) is 30.6 Å². The van der Waals surface area contributed by atoms with Crippen molar-refractivity contribution in [3.63, 3.8) is 0 Å². The molecular formula is C12H10BrF6NO. The van der Waals surface area contributed by atoms with Crippen molar-refractivity contribution < 1.29 is 31.1 Å². The molecule has 21 heavy (non-hydrogen) atoms. The van der Waals surface area contributed by atoms with E-state index in [9.17, 15) is 31.1 Å². The summed E-state index contributed by atoms with van der Waals surface area (Å²) < 4.78 is 74.1. The quantitative estimate of drug-likeness (QED) is 0.710. The minimum absolute atomic E-state index is 0.0827. The number of rotatable bonds is 3. The van der Waals surface area contributed by atoms with Gasteiger partial charge in [-0.1, -0.05) is 0 Å². The maximum Gasteiger partial charge on any atom is 0.416 e. The summed E-state index contributed by atoms with van der Waals surface area (Å²) in [6.07, 6.45) is -10.3. The second-order valence-corrected chi connectivity index (χ2v) is 5.14. The molecule has 0 saturated carbocycles. The summed E-state index contributed by atoms with van der Waals surface area (Å²) in [6, 6.07) is 2.42. The Labute approximate surface area is 124 Å². The number of nitrogens with zero attached hydrogens (tertiary/aromatic N) is 1. The van der Waals surface area contributed by atoms with E-state index >= 15 is 0 Å². The molecule has 0 heterocycles. The largest absolute Gasteiger partial charge is 0.416 e. The monoisotopic (exact) mass is 377 g/mol. The fourth-order valence-electron chi connectivity index (χ4n) is 1.47. The Hall–Kier alpha value is -1.25. The molecule has 0 aliphatic heterocycles. The lowest BCUT2D eigenvalue weighted by Crippen LogP contribution is -2.31. The summed E-state index contributed by atoms with van der Waals surface area (Å²) in [5.74, 6) is -0.919. The van der Waals surface area contributed by atoms with Crippen LogP contribution in [0.1, 0.15) is 22.3 Å². The minimum atomic E-state index is -4.64. The van der Waals surface area contributed by atoms with Gasteiger partial charge in [0.15, 0.2) is 0 Å². The number of hydrogen-bond acceptors (Lipinski definition) is 1. The van der Waals surface area contributed by atoms with Gasteiger partial charge in [-0.15, -0.1) is 0 Å². The number of benzene rings is 1. The molecule has 1 aromatic carbocycles. The number of amides is 1. The molecule has 0 atom stereocenters. The standard InChI is InChI=1S/C12H10BrF6NO/c1-20(5-4-11(14,15)16)10(21)8-6-7(12(17,18)19)2-3-9(8)13/h2-3,6H,4-5H2,1H3. The molecule has 0 spiro atoms. The van der Waals surface area contributed by atoms with Crippen LogP contribution in [-0.2, 0) is 6.18 Å². The molecule has 1 rings (SSSR count). The van der Waals surface area contributed by atoms with Crippen LogP contribution >= 0.6 is 15.9 Å². The Kier molecular flexibility index (Phi) is 5.30. The van der Waals surface area contributed by atoms with Gasteiger partial charge in [-0.25, -0.2) is 0 Å². The van der Waals surface area contributed by atoms with Crippen molar-refractivity contribution in [2.45, 2.75) is 18.8 Å².